The number of aryl methyl sites for hydroxylation is 2. The predicted octanol–water partition coefficient (Wildman–Crippen LogP) is 3.40. The lowest BCUT2D eigenvalue weighted by atomic mass is 10.1. The summed E-state index contributed by atoms with van der Waals surface area (Å²) in [4.78, 5) is 24.8. The van der Waals surface area contributed by atoms with Crippen LogP contribution in [0.15, 0.2) is 36.7 Å². The highest BCUT2D eigenvalue weighted by atomic mass is 32.1. The topological polar surface area (TPSA) is 70.7 Å². The van der Waals surface area contributed by atoms with Crippen molar-refractivity contribution in [1.82, 2.24) is 15.0 Å². The number of aromatic amines is 1. The summed E-state index contributed by atoms with van der Waals surface area (Å²) in [6.45, 7) is 3.92. The summed E-state index contributed by atoms with van der Waals surface area (Å²) < 4.78 is 0. The van der Waals surface area contributed by atoms with E-state index in [4.69, 9.17) is 0 Å². The molecule has 0 spiro atoms. The fourth-order valence-corrected chi connectivity index (χ4v) is 2.71. The molecule has 5 nitrogen and oxygen atoms in total. The van der Waals surface area contributed by atoms with Gasteiger partial charge >= 0.3 is 0 Å². The number of imidazole rings is 1. The smallest absolute Gasteiger partial charge is 0.257 e. The number of hydrogen-bond donors (Lipinski definition) is 2. The van der Waals surface area contributed by atoms with Crippen LogP contribution in [0.2, 0.25) is 0 Å². The van der Waals surface area contributed by atoms with Crippen LogP contribution >= 0.6 is 11.3 Å². The van der Waals surface area contributed by atoms with Gasteiger partial charge in [-0.15, -0.1) is 11.3 Å². The number of nitrogens with one attached hydrogen (secondary N) is 2. The highest BCUT2D eigenvalue weighted by molar-refractivity contribution is 7.15. The number of nitrogens with zero attached hydrogens (tertiary/aromatic N) is 2. The van der Waals surface area contributed by atoms with Crippen LogP contribution in [0.4, 0.5) is 5.13 Å². The Kier molecular flexibility index (Phi) is 3.53. The molecule has 0 fully saturated rings. The molecule has 21 heavy (non-hydrogen) atoms. The molecule has 0 aliphatic carbocycles. The normalized spacial score (nSPS) is 10.6. The van der Waals surface area contributed by atoms with Crippen LogP contribution in [-0.4, -0.2) is 20.9 Å². The number of hydrogen-bond acceptors (Lipinski definition) is 4. The first kappa shape index (κ1) is 13.5. The average molecular weight is 298 g/mol. The molecular formula is C15H14N4OS. The van der Waals surface area contributed by atoms with Gasteiger partial charge in [-0.05, 0) is 26.0 Å². The number of anilines is 1. The highest BCUT2D eigenvalue weighted by Crippen LogP contribution is 2.22. The maximum atomic E-state index is 12.2. The summed E-state index contributed by atoms with van der Waals surface area (Å²) in [6, 6.07) is 7.29. The van der Waals surface area contributed by atoms with Crippen molar-refractivity contribution < 1.29 is 4.79 Å². The fraction of sp³-hybridized carbons (Fsp3) is 0.133. The van der Waals surface area contributed by atoms with Gasteiger partial charge in [0.1, 0.15) is 5.82 Å². The van der Waals surface area contributed by atoms with E-state index in [9.17, 15) is 4.79 Å². The Morgan fingerprint density at radius 1 is 1.24 bits per heavy atom. The zero-order valence-corrected chi connectivity index (χ0v) is 12.5. The van der Waals surface area contributed by atoms with Crippen molar-refractivity contribution in [3.63, 3.8) is 0 Å². The third-order valence-electron chi connectivity index (χ3n) is 3.17. The molecule has 6 heteroatoms. The lowest BCUT2D eigenvalue weighted by Gasteiger charge is -2.03. The maximum Gasteiger partial charge on any atom is 0.257 e. The number of benzene rings is 1. The van der Waals surface area contributed by atoms with E-state index in [0.29, 0.717) is 10.7 Å². The maximum absolute atomic E-state index is 12.2. The van der Waals surface area contributed by atoms with Gasteiger partial charge in [0.25, 0.3) is 5.91 Å². The minimum atomic E-state index is -0.158. The zero-order valence-electron chi connectivity index (χ0n) is 11.7. The van der Waals surface area contributed by atoms with E-state index in [1.54, 1.807) is 24.5 Å². The van der Waals surface area contributed by atoms with E-state index < -0.39 is 0 Å². The van der Waals surface area contributed by atoms with Crippen molar-refractivity contribution in [2.75, 3.05) is 5.32 Å². The first-order chi connectivity index (χ1) is 10.1. The minimum absolute atomic E-state index is 0.158. The Bertz CT molecular complexity index is 740. The molecule has 2 N–H and O–H groups in total. The lowest BCUT2D eigenvalue weighted by molar-refractivity contribution is 0.102. The van der Waals surface area contributed by atoms with Gasteiger partial charge in [-0.25, -0.2) is 9.97 Å². The van der Waals surface area contributed by atoms with Gasteiger partial charge in [0.15, 0.2) is 5.13 Å². The van der Waals surface area contributed by atoms with E-state index in [0.717, 1.165) is 22.0 Å². The van der Waals surface area contributed by atoms with Gasteiger partial charge in [0, 0.05) is 28.4 Å². The summed E-state index contributed by atoms with van der Waals surface area (Å²) in [5, 5.41) is 3.45. The molecule has 0 saturated carbocycles. The van der Waals surface area contributed by atoms with Gasteiger partial charge < -0.3 is 4.98 Å². The van der Waals surface area contributed by atoms with E-state index in [1.165, 1.54) is 11.3 Å². The second-order valence-corrected chi connectivity index (χ2v) is 5.83. The highest BCUT2D eigenvalue weighted by Gasteiger charge is 2.10. The molecule has 3 aromatic rings. The van der Waals surface area contributed by atoms with Crippen molar-refractivity contribution >= 4 is 22.4 Å². The SMILES string of the molecule is Cc1nc(NC(=O)c2ccc(-c3ncc[nH]3)cc2)sc1C. The molecule has 2 heterocycles. The van der Waals surface area contributed by atoms with Crippen LogP contribution in [-0.2, 0) is 0 Å². The molecule has 0 atom stereocenters. The third-order valence-corrected chi connectivity index (χ3v) is 4.16. The molecule has 1 amide bonds. The van der Waals surface area contributed by atoms with E-state index in [-0.39, 0.29) is 5.91 Å². The number of carbonyl (C=O) groups is 1. The lowest BCUT2D eigenvalue weighted by Crippen LogP contribution is -2.11. The quantitative estimate of drug-likeness (QED) is 0.778. The number of thiazole rings is 1. The fourth-order valence-electron chi connectivity index (χ4n) is 1.90. The second-order valence-electron chi connectivity index (χ2n) is 4.63. The Morgan fingerprint density at radius 3 is 2.57 bits per heavy atom. The van der Waals surface area contributed by atoms with Crippen LogP contribution in [0.5, 0.6) is 0 Å². The Balaban J connectivity index is 1.76. The van der Waals surface area contributed by atoms with Crippen LogP contribution in [0.25, 0.3) is 11.4 Å². The van der Waals surface area contributed by atoms with Gasteiger partial charge in [0.2, 0.25) is 0 Å². The largest absolute Gasteiger partial charge is 0.345 e. The molecule has 1 aromatic carbocycles. The summed E-state index contributed by atoms with van der Waals surface area (Å²) >= 11 is 1.48. The molecular weight excluding hydrogens is 284 g/mol. The van der Waals surface area contributed by atoms with E-state index >= 15 is 0 Å². The number of aromatic nitrogens is 3. The van der Waals surface area contributed by atoms with Gasteiger partial charge in [0.05, 0.1) is 5.69 Å². The Morgan fingerprint density at radius 2 is 2.00 bits per heavy atom. The Hall–Kier alpha value is -2.47. The first-order valence-corrected chi connectivity index (χ1v) is 7.30. The standard InChI is InChI=1S/C15H14N4OS/c1-9-10(2)21-15(18-9)19-14(20)12-5-3-11(4-6-12)13-16-7-8-17-13/h3-8H,1-2H3,(H,16,17)(H,18,19,20). The van der Waals surface area contributed by atoms with Crippen molar-refractivity contribution in [2.45, 2.75) is 13.8 Å². The van der Waals surface area contributed by atoms with Crippen LogP contribution in [0.1, 0.15) is 20.9 Å². The second kappa shape index (κ2) is 5.49. The molecule has 106 valence electrons. The monoisotopic (exact) mass is 298 g/mol. The number of amides is 1. The minimum Gasteiger partial charge on any atom is -0.345 e. The molecule has 2 aromatic heterocycles. The van der Waals surface area contributed by atoms with Gasteiger partial charge in [-0.1, -0.05) is 12.1 Å². The number of H-pyrrole nitrogens is 1. The number of rotatable bonds is 3. The van der Waals surface area contributed by atoms with Crippen molar-refractivity contribution in [3.05, 3.63) is 52.8 Å². The van der Waals surface area contributed by atoms with Crippen LogP contribution in [0, 0.1) is 13.8 Å². The summed E-state index contributed by atoms with van der Waals surface area (Å²) in [6.07, 6.45) is 3.46. The molecule has 3 rings (SSSR count). The predicted molar refractivity (Wildman–Crippen MR) is 83.6 cm³/mol. The van der Waals surface area contributed by atoms with Crippen LogP contribution in [0.3, 0.4) is 0 Å². The molecule has 0 bridgehead atoms. The van der Waals surface area contributed by atoms with E-state index in [1.807, 2.05) is 26.0 Å². The summed E-state index contributed by atoms with van der Waals surface area (Å²) in [5.41, 5.74) is 2.48. The van der Waals surface area contributed by atoms with Crippen molar-refractivity contribution in [2.24, 2.45) is 0 Å². The average Bonchev–Trinajstić information content (AvgIpc) is 3.10. The molecule has 0 aliphatic heterocycles. The molecule has 0 saturated heterocycles. The van der Waals surface area contributed by atoms with Crippen molar-refractivity contribution in [3.8, 4) is 11.4 Å². The van der Waals surface area contributed by atoms with Gasteiger partial charge in [-0.2, -0.15) is 0 Å². The first-order valence-electron chi connectivity index (χ1n) is 6.48. The van der Waals surface area contributed by atoms with Gasteiger partial charge in [-0.3, -0.25) is 10.1 Å². The zero-order chi connectivity index (χ0) is 14.8. The summed E-state index contributed by atoms with van der Waals surface area (Å²) in [5.74, 6) is 0.628. The summed E-state index contributed by atoms with van der Waals surface area (Å²) in [7, 11) is 0. The van der Waals surface area contributed by atoms with Crippen LogP contribution < -0.4 is 5.32 Å². The molecule has 0 aliphatic rings. The number of carbonyl (C=O) groups excluding carboxylic acids is 1. The molecule has 0 unspecified atom stereocenters. The Labute approximate surface area is 126 Å². The van der Waals surface area contributed by atoms with Crippen molar-refractivity contribution in [1.29, 1.82) is 0 Å². The third kappa shape index (κ3) is 2.85. The molecule has 0 radical (unpaired) electrons. The van der Waals surface area contributed by atoms with E-state index in [2.05, 4.69) is 20.3 Å².